The first kappa shape index (κ1) is 12.9. The fourth-order valence-electron chi connectivity index (χ4n) is 2.08. The zero-order valence-corrected chi connectivity index (χ0v) is 12.9. The topological polar surface area (TPSA) is 39.2 Å². The van der Waals surface area contributed by atoms with E-state index in [0.29, 0.717) is 0 Å². The molecule has 3 aromatic rings. The molecule has 0 bridgehead atoms. The lowest BCUT2D eigenvalue weighted by Crippen LogP contribution is -2.08. The maximum absolute atomic E-state index is 6.29. The fourth-order valence-corrected chi connectivity index (χ4v) is 3.42. The second-order valence-corrected chi connectivity index (χ2v) is 6.58. The minimum Gasteiger partial charge on any atom is -0.459 e. The Kier molecular flexibility index (Phi) is 3.48. The fraction of sp³-hybridized carbons (Fsp3) is 0.200. The second-order valence-electron chi connectivity index (χ2n) is 4.47. The highest BCUT2D eigenvalue weighted by atomic mass is 79.9. The van der Waals surface area contributed by atoms with Crippen LogP contribution in [0, 0.1) is 0 Å². The van der Waals surface area contributed by atoms with E-state index in [1.54, 1.807) is 11.3 Å². The van der Waals surface area contributed by atoms with Crippen LogP contribution in [-0.2, 0) is 6.42 Å². The van der Waals surface area contributed by atoms with Gasteiger partial charge in [0.15, 0.2) is 0 Å². The van der Waals surface area contributed by atoms with E-state index >= 15 is 0 Å². The average molecular weight is 336 g/mol. The van der Waals surface area contributed by atoms with Gasteiger partial charge in [0.2, 0.25) is 0 Å². The number of aryl methyl sites for hydroxylation is 1. The first-order valence-corrected chi connectivity index (χ1v) is 7.81. The number of hydrogen-bond acceptors (Lipinski definition) is 3. The number of fused-ring (bicyclic) bond motifs is 1. The van der Waals surface area contributed by atoms with E-state index in [0.717, 1.165) is 32.5 Å². The van der Waals surface area contributed by atoms with Crippen molar-refractivity contribution in [2.24, 2.45) is 5.73 Å². The van der Waals surface area contributed by atoms with Crippen LogP contribution in [0.15, 0.2) is 45.3 Å². The monoisotopic (exact) mass is 335 g/mol. The van der Waals surface area contributed by atoms with Crippen LogP contribution in [0.1, 0.15) is 28.5 Å². The highest BCUT2D eigenvalue weighted by molar-refractivity contribution is 9.10. The molecule has 2 N–H and O–H groups in total. The third kappa shape index (κ3) is 2.48. The van der Waals surface area contributed by atoms with Crippen LogP contribution in [0.2, 0.25) is 0 Å². The molecule has 1 atom stereocenters. The van der Waals surface area contributed by atoms with Crippen LogP contribution < -0.4 is 5.73 Å². The van der Waals surface area contributed by atoms with E-state index in [4.69, 9.17) is 10.2 Å². The van der Waals surface area contributed by atoms with Crippen LogP contribution >= 0.6 is 27.3 Å². The molecule has 0 aliphatic rings. The average Bonchev–Trinajstić information content (AvgIpc) is 3.03. The summed E-state index contributed by atoms with van der Waals surface area (Å²) < 4.78 is 6.89. The molecule has 0 radical (unpaired) electrons. The Morgan fingerprint density at radius 3 is 2.84 bits per heavy atom. The van der Waals surface area contributed by atoms with Crippen LogP contribution in [0.25, 0.3) is 11.0 Å². The van der Waals surface area contributed by atoms with Gasteiger partial charge in [-0.2, -0.15) is 0 Å². The third-order valence-corrected chi connectivity index (χ3v) is 4.95. The number of rotatable bonds is 3. The van der Waals surface area contributed by atoms with Gasteiger partial charge in [-0.05, 0) is 42.8 Å². The van der Waals surface area contributed by atoms with E-state index < -0.39 is 0 Å². The van der Waals surface area contributed by atoms with E-state index in [1.165, 1.54) is 4.88 Å². The van der Waals surface area contributed by atoms with Gasteiger partial charge < -0.3 is 10.2 Å². The summed E-state index contributed by atoms with van der Waals surface area (Å²) in [6.07, 6.45) is 1.05. The standard InChI is InChI=1S/C15H14BrNOS/c1-2-11-4-6-14(19-11)15(17)13-8-9-7-10(16)3-5-12(9)18-13/h3-8,15H,2,17H2,1H3. The van der Waals surface area contributed by atoms with Gasteiger partial charge in [0.1, 0.15) is 11.3 Å². The van der Waals surface area contributed by atoms with Gasteiger partial charge in [-0.25, -0.2) is 0 Å². The largest absolute Gasteiger partial charge is 0.459 e. The zero-order chi connectivity index (χ0) is 13.4. The number of halogens is 1. The van der Waals surface area contributed by atoms with Crippen molar-refractivity contribution in [3.8, 4) is 0 Å². The molecule has 98 valence electrons. The first-order chi connectivity index (χ1) is 9.17. The van der Waals surface area contributed by atoms with Crippen molar-refractivity contribution in [1.29, 1.82) is 0 Å². The van der Waals surface area contributed by atoms with Crippen molar-refractivity contribution >= 4 is 38.2 Å². The van der Waals surface area contributed by atoms with Crippen LogP contribution in [0.5, 0.6) is 0 Å². The second kappa shape index (κ2) is 5.12. The molecule has 2 heterocycles. The molecular formula is C15H14BrNOS. The van der Waals surface area contributed by atoms with Crippen LogP contribution in [0.4, 0.5) is 0 Å². The summed E-state index contributed by atoms with van der Waals surface area (Å²) in [5, 5.41) is 1.08. The number of hydrogen-bond donors (Lipinski definition) is 1. The van der Waals surface area contributed by atoms with Gasteiger partial charge in [0, 0.05) is 19.6 Å². The van der Waals surface area contributed by atoms with Crippen LogP contribution in [0.3, 0.4) is 0 Å². The Morgan fingerprint density at radius 1 is 1.26 bits per heavy atom. The Bertz CT molecular complexity index is 716. The molecule has 4 heteroatoms. The van der Waals surface area contributed by atoms with Gasteiger partial charge in [-0.3, -0.25) is 0 Å². The zero-order valence-electron chi connectivity index (χ0n) is 10.5. The summed E-state index contributed by atoms with van der Waals surface area (Å²) >= 11 is 5.22. The molecule has 0 spiro atoms. The summed E-state index contributed by atoms with van der Waals surface area (Å²) in [7, 11) is 0. The van der Waals surface area contributed by atoms with Gasteiger partial charge in [-0.15, -0.1) is 11.3 Å². The minimum atomic E-state index is -0.184. The van der Waals surface area contributed by atoms with Crippen molar-refractivity contribution < 1.29 is 4.42 Å². The normalized spacial score (nSPS) is 13.0. The number of thiophene rings is 1. The Balaban J connectivity index is 1.98. The van der Waals surface area contributed by atoms with Gasteiger partial charge in [0.25, 0.3) is 0 Å². The molecule has 0 aliphatic heterocycles. The molecule has 0 amide bonds. The van der Waals surface area contributed by atoms with Crippen molar-refractivity contribution in [2.45, 2.75) is 19.4 Å². The van der Waals surface area contributed by atoms with Crippen molar-refractivity contribution in [3.63, 3.8) is 0 Å². The molecule has 2 aromatic heterocycles. The summed E-state index contributed by atoms with van der Waals surface area (Å²) in [6, 6.07) is 12.0. The number of benzene rings is 1. The Labute approximate surface area is 124 Å². The summed E-state index contributed by atoms with van der Waals surface area (Å²) in [5.74, 6) is 0.817. The van der Waals surface area contributed by atoms with Crippen LogP contribution in [-0.4, -0.2) is 0 Å². The molecule has 19 heavy (non-hydrogen) atoms. The lowest BCUT2D eigenvalue weighted by atomic mass is 10.2. The molecule has 2 nitrogen and oxygen atoms in total. The summed E-state index contributed by atoms with van der Waals surface area (Å²) in [4.78, 5) is 2.50. The van der Waals surface area contributed by atoms with Crippen molar-refractivity contribution in [3.05, 3.63) is 56.4 Å². The summed E-state index contributed by atoms with van der Waals surface area (Å²) in [6.45, 7) is 2.15. The predicted molar refractivity (Wildman–Crippen MR) is 83.6 cm³/mol. The van der Waals surface area contributed by atoms with E-state index in [2.05, 4.69) is 35.0 Å². The molecule has 1 unspecified atom stereocenters. The Hall–Kier alpha value is -1.10. The lowest BCUT2D eigenvalue weighted by molar-refractivity contribution is 0.528. The highest BCUT2D eigenvalue weighted by Gasteiger charge is 2.16. The first-order valence-electron chi connectivity index (χ1n) is 6.20. The van der Waals surface area contributed by atoms with E-state index in [-0.39, 0.29) is 6.04 Å². The molecule has 0 saturated heterocycles. The highest BCUT2D eigenvalue weighted by Crippen LogP contribution is 2.31. The maximum atomic E-state index is 6.29. The quantitative estimate of drug-likeness (QED) is 0.741. The third-order valence-electron chi connectivity index (χ3n) is 3.14. The van der Waals surface area contributed by atoms with E-state index in [1.807, 2.05) is 24.3 Å². The maximum Gasteiger partial charge on any atom is 0.134 e. The van der Waals surface area contributed by atoms with Crippen molar-refractivity contribution in [1.82, 2.24) is 0 Å². The minimum absolute atomic E-state index is 0.184. The number of nitrogens with two attached hydrogens (primary N) is 1. The van der Waals surface area contributed by atoms with E-state index in [9.17, 15) is 0 Å². The SMILES string of the molecule is CCc1ccc(C(N)c2cc3cc(Br)ccc3o2)s1. The molecular weight excluding hydrogens is 322 g/mol. The smallest absolute Gasteiger partial charge is 0.134 e. The van der Waals surface area contributed by atoms with Gasteiger partial charge >= 0.3 is 0 Å². The molecule has 0 aliphatic carbocycles. The Morgan fingerprint density at radius 2 is 2.11 bits per heavy atom. The molecule has 0 fully saturated rings. The van der Waals surface area contributed by atoms with Gasteiger partial charge in [-0.1, -0.05) is 22.9 Å². The predicted octanol–water partition coefficient (Wildman–Crippen LogP) is 4.87. The molecule has 3 rings (SSSR count). The molecule has 0 saturated carbocycles. The van der Waals surface area contributed by atoms with Gasteiger partial charge in [0.05, 0.1) is 6.04 Å². The van der Waals surface area contributed by atoms with Crippen molar-refractivity contribution in [2.75, 3.05) is 0 Å². The summed E-state index contributed by atoms with van der Waals surface area (Å²) in [5.41, 5.74) is 7.17. The number of furan rings is 1. The molecule has 1 aromatic carbocycles. The lowest BCUT2D eigenvalue weighted by Gasteiger charge is -2.04.